The monoisotopic (exact) mass is 285 g/mol. The first-order valence-electron chi connectivity index (χ1n) is 7.44. The molecule has 0 spiro atoms. The molecule has 0 fully saturated rings. The molecule has 3 nitrogen and oxygen atoms in total. The summed E-state index contributed by atoms with van der Waals surface area (Å²) in [5.41, 5.74) is 3.32. The molecule has 0 bridgehead atoms. The smallest absolute Gasteiger partial charge is 0.133 e. The number of hydrogen-bond donors (Lipinski definition) is 1. The molecule has 1 atom stereocenters. The molecule has 1 N–H and O–H groups in total. The number of fused-ring (bicyclic) bond motifs is 1. The molecule has 4 heteroatoms. The number of pyridine rings is 1. The summed E-state index contributed by atoms with van der Waals surface area (Å²) < 4.78 is 13.5. The van der Waals surface area contributed by atoms with E-state index in [0.717, 1.165) is 31.0 Å². The highest BCUT2D eigenvalue weighted by Gasteiger charge is 2.22. The number of aromatic nitrogens is 1. The van der Waals surface area contributed by atoms with Crippen molar-refractivity contribution in [2.45, 2.75) is 26.3 Å². The first-order valence-corrected chi connectivity index (χ1v) is 7.44. The van der Waals surface area contributed by atoms with Gasteiger partial charge in [0.25, 0.3) is 0 Å². The van der Waals surface area contributed by atoms with Crippen LogP contribution in [0.15, 0.2) is 36.5 Å². The summed E-state index contributed by atoms with van der Waals surface area (Å²) in [5, 5.41) is 3.40. The van der Waals surface area contributed by atoms with Crippen LogP contribution in [0.1, 0.15) is 31.0 Å². The third-order valence-corrected chi connectivity index (χ3v) is 4.00. The predicted octanol–water partition coefficient (Wildman–Crippen LogP) is 3.59. The Bertz CT molecular complexity index is 642. The van der Waals surface area contributed by atoms with Gasteiger partial charge in [-0.2, -0.15) is 0 Å². The number of hydrogen-bond acceptors (Lipinski definition) is 3. The molecule has 3 rings (SSSR count). The summed E-state index contributed by atoms with van der Waals surface area (Å²) in [5.74, 6) is 0.694. The Morgan fingerprint density at radius 1 is 1.33 bits per heavy atom. The largest absolute Gasteiger partial charge is 0.326 e. The van der Waals surface area contributed by atoms with Crippen LogP contribution in [0, 0.1) is 5.82 Å². The van der Waals surface area contributed by atoms with Crippen LogP contribution in [0.2, 0.25) is 0 Å². The Morgan fingerprint density at radius 3 is 3.00 bits per heavy atom. The van der Waals surface area contributed by atoms with Crippen molar-refractivity contribution in [1.82, 2.24) is 10.3 Å². The lowest BCUT2D eigenvalue weighted by Gasteiger charge is -2.20. The van der Waals surface area contributed by atoms with Crippen molar-refractivity contribution < 1.29 is 4.39 Å². The average molecular weight is 285 g/mol. The Morgan fingerprint density at radius 2 is 2.19 bits per heavy atom. The number of benzene rings is 1. The molecule has 1 unspecified atom stereocenters. The van der Waals surface area contributed by atoms with Gasteiger partial charge < -0.3 is 10.2 Å². The highest BCUT2D eigenvalue weighted by molar-refractivity contribution is 5.67. The zero-order chi connectivity index (χ0) is 14.8. The van der Waals surface area contributed by atoms with Crippen molar-refractivity contribution in [1.29, 1.82) is 0 Å². The van der Waals surface area contributed by atoms with E-state index in [1.165, 1.54) is 17.2 Å². The van der Waals surface area contributed by atoms with Crippen LogP contribution in [-0.4, -0.2) is 18.1 Å². The maximum atomic E-state index is 13.5. The molecule has 0 saturated heterocycles. The second kappa shape index (κ2) is 5.82. The van der Waals surface area contributed by atoms with E-state index in [1.54, 1.807) is 6.07 Å². The highest BCUT2D eigenvalue weighted by atomic mass is 19.1. The van der Waals surface area contributed by atoms with Crippen LogP contribution in [0.5, 0.6) is 0 Å². The van der Waals surface area contributed by atoms with Crippen LogP contribution in [0.25, 0.3) is 0 Å². The fourth-order valence-electron chi connectivity index (χ4n) is 2.87. The van der Waals surface area contributed by atoms with Crippen LogP contribution in [0.4, 0.5) is 15.9 Å². The van der Waals surface area contributed by atoms with Gasteiger partial charge in [0.1, 0.15) is 11.6 Å². The zero-order valence-electron chi connectivity index (χ0n) is 12.4. The van der Waals surface area contributed by atoms with E-state index in [1.807, 2.05) is 18.3 Å². The van der Waals surface area contributed by atoms with Gasteiger partial charge in [-0.1, -0.05) is 13.0 Å². The number of nitrogens with zero attached hydrogens (tertiary/aromatic N) is 2. The molecule has 2 heterocycles. The lowest BCUT2D eigenvalue weighted by Crippen LogP contribution is -2.19. The van der Waals surface area contributed by atoms with Gasteiger partial charge in [0, 0.05) is 24.5 Å². The standard InChI is InChI=1S/C17H20FN3/c1-3-19-12(2)14-6-8-20-17(10-14)21-9-7-13-4-5-15(18)11-16(13)21/h4-6,8,10-12,19H,3,7,9H2,1-2H3. The van der Waals surface area contributed by atoms with Crippen molar-refractivity contribution in [2.24, 2.45) is 0 Å². The lowest BCUT2D eigenvalue weighted by atomic mass is 10.1. The SMILES string of the molecule is CCNC(C)c1ccnc(N2CCc3ccc(F)cc32)c1. The van der Waals surface area contributed by atoms with E-state index in [9.17, 15) is 4.39 Å². The molecule has 2 aromatic rings. The van der Waals surface area contributed by atoms with Crippen LogP contribution in [-0.2, 0) is 6.42 Å². The molecule has 1 aliphatic rings. The Labute approximate surface area is 124 Å². The second-order valence-corrected chi connectivity index (χ2v) is 5.40. The third kappa shape index (κ3) is 2.76. The van der Waals surface area contributed by atoms with Crippen molar-refractivity contribution in [3.8, 4) is 0 Å². The van der Waals surface area contributed by atoms with Gasteiger partial charge in [-0.05, 0) is 55.3 Å². The second-order valence-electron chi connectivity index (χ2n) is 5.40. The molecule has 110 valence electrons. The van der Waals surface area contributed by atoms with E-state index < -0.39 is 0 Å². The van der Waals surface area contributed by atoms with Crippen molar-refractivity contribution in [3.05, 3.63) is 53.5 Å². The fourth-order valence-corrected chi connectivity index (χ4v) is 2.87. The maximum Gasteiger partial charge on any atom is 0.133 e. The molecule has 0 aliphatic carbocycles. The summed E-state index contributed by atoms with van der Waals surface area (Å²) in [6.07, 6.45) is 2.76. The van der Waals surface area contributed by atoms with Crippen molar-refractivity contribution in [3.63, 3.8) is 0 Å². The van der Waals surface area contributed by atoms with Gasteiger partial charge in [0.2, 0.25) is 0 Å². The van der Waals surface area contributed by atoms with Crippen LogP contribution >= 0.6 is 0 Å². The molecular formula is C17H20FN3. The first kappa shape index (κ1) is 14.0. The first-order chi connectivity index (χ1) is 10.2. The van der Waals surface area contributed by atoms with E-state index in [2.05, 4.69) is 35.1 Å². The lowest BCUT2D eigenvalue weighted by molar-refractivity contribution is 0.597. The minimum atomic E-state index is -0.196. The third-order valence-electron chi connectivity index (χ3n) is 4.00. The van der Waals surface area contributed by atoms with E-state index in [4.69, 9.17) is 0 Å². The number of nitrogens with one attached hydrogen (secondary N) is 1. The minimum absolute atomic E-state index is 0.196. The van der Waals surface area contributed by atoms with Gasteiger partial charge in [-0.15, -0.1) is 0 Å². The highest BCUT2D eigenvalue weighted by Crippen LogP contribution is 2.34. The Hall–Kier alpha value is -1.94. The topological polar surface area (TPSA) is 28.2 Å². The molecular weight excluding hydrogens is 265 g/mol. The summed E-state index contributed by atoms with van der Waals surface area (Å²) in [7, 11) is 0. The molecule has 1 aromatic heterocycles. The fraction of sp³-hybridized carbons (Fsp3) is 0.353. The Balaban J connectivity index is 1.93. The van der Waals surface area contributed by atoms with Gasteiger partial charge in [0.15, 0.2) is 0 Å². The molecule has 1 aromatic carbocycles. The van der Waals surface area contributed by atoms with Crippen LogP contribution in [0.3, 0.4) is 0 Å². The minimum Gasteiger partial charge on any atom is -0.326 e. The Kier molecular flexibility index (Phi) is 3.88. The van der Waals surface area contributed by atoms with Crippen LogP contribution < -0.4 is 10.2 Å². The molecule has 0 radical (unpaired) electrons. The van der Waals surface area contributed by atoms with E-state index in [0.29, 0.717) is 0 Å². The zero-order valence-corrected chi connectivity index (χ0v) is 12.4. The van der Waals surface area contributed by atoms with Gasteiger partial charge in [0.05, 0.1) is 0 Å². The molecule has 0 saturated carbocycles. The van der Waals surface area contributed by atoms with Gasteiger partial charge in [-0.25, -0.2) is 9.37 Å². The van der Waals surface area contributed by atoms with E-state index >= 15 is 0 Å². The number of anilines is 2. The van der Waals surface area contributed by atoms with Crippen molar-refractivity contribution in [2.75, 3.05) is 18.0 Å². The van der Waals surface area contributed by atoms with Gasteiger partial charge in [-0.3, -0.25) is 0 Å². The summed E-state index contributed by atoms with van der Waals surface area (Å²) in [6, 6.07) is 9.40. The quantitative estimate of drug-likeness (QED) is 0.930. The molecule has 1 aliphatic heterocycles. The number of halogens is 1. The number of rotatable bonds is 4. The van der Waals surface area contributed by atoms with Crippen molar-refractivity contribution >= 4 is 11.5 Å². The summed E-state index contributed by atoms with van der Waals surface area (Å²) in [4.78, 5) is 6.57. The molecule has 21 heavy (non-hydrogen) atoms. The molecule has 0 amide bonds. The van der Waals surface area contributed by atoms with E-state index in [-0.39, 0.29) is 11.9 Å². The summed E-state index contributed by atoms with van der Waals surface area (Å²) >= 11 is 0. The normalized spacial score (nSPS) is 15.1. The maximum absolute atomic E-state index is 13.5. The summed E-state index contributed by atoms with van der Waals surface area (Å²) in [6.45, 7) is 6.01. The average Bonchev–Trinajstić information content (AvgIpc) is 2.90. The predicted molar refractivity (Wildman–Crippen MR) is 83.4 cm³/mol. The van der Waals surface area contributed by atoms with Gasteiger partial charge >= 0.3 is 0 Å².